The number of aromatic amines is 1. The van der Waals surface area contributed by atoms with Crippen LogP contribution >= 0.6 is 0 Å². The molecule has 0 aliphatic carbocycles. The summed E-state index contributed by atoms with van der Waals surface area (Å²) in [5.74, 6) is -0.0231. The summed E-state index contributed by atoms with van der Waals surface area (Å²) >= 11 is 0. The van der Waals surface area contributed by atoms with Crippen molar-refractivity contribution in [2.45, 2.75) is 26.1 Å². The van der Waals surface area contributed by atoms with Gasteiger partial charge in [0.25, 0.3) is 0 Å². The molecule has 1 aromatic heterocycles. The number of amides is 2. The molecule has 0 saturated carbocycles. The number of H-pyrrole nitrogens is 1. The summed E-state index contributed by atoms with van der Waals surface area (Å²) in [6.07, 6.45) is -4.45. The van der Waals surface area contributed by atoms with Gasteiger partial charge in [-0.15, -0.1) is 0 Å². The van der Waals surface area contributed by atoms with Gasteiger partial charge in [0.1, 0.15) is 5.82 Å². The first kappa shape index (κ1) is 21.5. The van der Waals surface area contributed by atoms with Gasteiger partial charge in [-0.2, -0.15) is 18.3 Å². The maximum Gasteiger partial charge on any atom is 0.416 e. The van der Waals surface area contributed by atoms with Crippen molar-refractivity contribution in [2.24, 2.45) is 5.92 Å². The smallest absolute Gasteiger partial charge is 0.338 e. The predicted octanol–water partition coefficient (Wildman–Crippen LogP) is 3.79. The summed E-state index contributed by atoms with van der Waals surface area (Å²) in [6.45, 7) is 1.94. The number of nitrogens with one attached hydrogen (secondary N) is 2. The van der Waals surface area contributed by atoms with Crippen LogP contribution in [0.3, 0.4) is 0 Å². The number of hydrogen-bond acceptors (Lipinski definition) is 4. The monoisotopic (exact) mass is 443 g/mol. The lowest BCUT2D eigenvalue weighted by Crippen LogP contribution is -2.28. The lowest BCUT2D eigenvalue weighted by Gasteiger charge is -2.18. The Morgan fingerprint density at radius 2 is 2.00 bits per heavy atom. The molecule has 0 radical (unpaired) electrons. The Labute approximate surface area is 181 Å². The molecular weight excluding hydrogens is 423 g/mol. The van der Waals surface area contributed by atoms with E-state index < -0.39 is 17.7 Å². The fraction of sp³-hybridized carbons (Fsp3) is 0.273. The highest BCUT2D eigenvalue weighted by atomic mass is 19.4. The van der Waals surface area contributed by atoms with Crippen molar-refractivity contribution in [1.29, 1.82) is 0 Å². The molecule has 3 aromatic rings. The molecule has 2 aromatic carbocycles. The number of rotatable bonds is 5. The van der Waals surface area contributed by atoms with Crippen LogP contribution in [0.5, 0.6) is 0 Å². The molecular formula is C22H20F3N5O2. The molecule has 7 nitrogen and oxygen atoms in total. The van der Waals surface area contributed by atoms with Gasteiger partial charge in [-0.3, -0.25) is 14.7 Å². The average Bonchev–Trinajstić information content (AvgIpc) is 3.34. The van der Waals surface area contributed by atoms with Gasteiger partial charge in [-0.25, -0.2) is 4.98 Å². The van der Waals surface area contributed by atoms with E-state index >= 15 is 0 Å². The average molecular weight is 443 g/mol. The lowest BCUT2D eigenvalue weighted by molar-refractivity contribution is -0.137. The van der Waals surface area contributed by atoms with E-state index in [1.807, 2.05) is 6.07 Å². The third kappa shape index (κ3) is 4.79. The van der Waals surface area contributed by atoms with Crippen LogP contribution in [0.25, 0.3) is 11.4 Å². The molecule has 1 unspecified atom stereocenters. The molecule has 10 heteroatoms. The summed E-state index contributed by atoms with van der Waals surface area (Å²) in [7, 11) is 0. The maximum atomic E-state index is 12.9. The maximum absolute atomic E-state index is 12.9. The Morgan fingerprint density at radius 3 is 2.72 bits per heavy atom. The zero-order valence-electron chi connectivity index (χ0n) is 17.1. The molecule has 1 atom stereocenters. The molecule has 1 fully saturated rings. The normalized spacial score (nSPS) is 16.4. The zero-order valence-corrected chi connectivity index (χ0v) is 17.1. The van der Waals surface area contributed by atoms with Gasteiger partial charge in [-0.05, 0) is 36.8 Å². The van der Waals surface area contributed by atoms with E-state index in [2.05, 4.69) is 20.5 Å². The molecule has 4 rings (SSSR count). The van der Waals surface area contributed by atoms with Gasteiger partial charge in [0, 0.05) is 30.8 Å². The Bertz CT molecular complexity index is 1160. The first-order valence-electron chi connectivity index (χ1n) is 9.93. The van der Waals surface area contributed by atoms with E-state index in [0.717, 1.165) is 17.7 Å². The number of anilines is 1. The van der Waals surface area contributed by atoms with Crippen molar-refractivity contribution in [3.63, 3.8) is 0 Å². The third-order valence-corrected chi connectivity index (χ3v) is 5.20. The number of aromatic nitrogens is 3. The standard InChI is InChI=1S/C22H20F3N5O2/c1-13-26-20(29-28-13)15-5-3-7-18(9-15)27-21(32)16-10-19(31)30(12-16)11-14-4-2-6-17(8-14)22(23,24)25/h2-9,16H,10-12H2,1H3,(H,27,32)(H,26,28,29). The Kier molecular flexibility index (Phi) is 5.68. The van der Waals surface area contributed by atoms with E-state index in [-0.39, 0.29) is 31.3 Å². The van der Waals surface area contributed by atoms with Gasteiger partial charge in [0.05, 0.1) is 11.5 Å². The zero-order chi connectivity index (χ0) is 22.9. The predicted molar refractivity (Wildman–Crippen MR) is 110 cm³/mol. The Hall–Kier alpha value is -3.69. The van der Waals surface area contributed by atoms with Crippen molar-refractivity contribution in [1.82, 2.24) is 20.1 Å². The fourth-order valence-corrected chi connectivity index (χ4v) is 3.62. The number of carbonyl (C=O) groups is 2. The van der Waals surface area contributed by atoms with Crippen LogP contribution in [0, 0.1) is 12.8 Å². The largest absolute Gasteiger partial charge is 0.416 e. The summed E-state index contributed by atoms with van der Waals surface area (Å²) in [5.41, 5.74) is 0.862. The topological polar surface area (TPSA) is 91.0 Å². The number of hydrogen-bond donors (Lipinski definition) is 2. The number of nitrogens with zero attached hydrogens (tertiary/aromatic N) is 3. The molecule has 166 valence electrons. The summed E-state index contributed by atoms with van der Waals surface area (Å²) in [6, 6.07) is 11.9. The molecule has 2 amide bonds. The van der Waals surface area contributed by atoms with Crippen LogP contribution in [0.1, 0.15) is 23.4 Å². The van der Waals surface area contributed by atoms with Crippen LogP contribution in [0.4, 0.5) is 18.9 Å². The van der Waals surface area contributed by atoms with Crippen LogP contribution in [-0.4, -0.2) is 38.4 Å². The third-order valence-electron chi connectivity index (χ3n) is 5.20. The molecule has 0 bridgehead atoms. The Balaban J connectivity index is 1.41. The fourth-order valence-electron chi connectivity index (χ4n) is 3.62. The molecule has 0 spiro atoms. The minimum absolute atomic E-state index is 0.00457. The first-order valence-corrected chi connectivity index (χ1v) is 9.93. The van der Waals surface area contributed by atoms with Gasteiger partial charge >= 0.3 is 6.18 Å². The lowest BCUT2D eigenvalue weighted by atomic mass is 10.1. The van der Waals surface area contributed by atoms with Crippen molar-refractivity contribution in [3.8, 4) is 11.4 Å². The second-order valence-electron chi connectivity index (χ2n) is 7.69. The van der Waals surface area contributed by atoms with Crippen molar-refractivity contribution >= 4 is 17.5 Å². The quantitative estimate of drug-likeness (QED) is 0.628. The highest BCUT2D eigenvalue weighted by Gasteiger charge is 2.35. The number of benzene rings is 2. The van der Waals surface area contributed by atoms with Crippen molar-refractivity contribution in [3.05, 3.63) is 65.5 Å². The number of halogens is 3. The molecule has 1 aliphatic heterocycles. The van der Waals surface area contributed by atoms with Crippen molar-refractivity contribution in [2.75, 3.05) is 11.9 Å². The van der Waals surface area contributed by atoms with Crippen LogP contribution in [0.2, 0.25) is 0 Å². The molecule has 1 aliphatic rings. The van der Waals surface area contributed by atoms with Crippen molar-refractivity contribution < 1.29 is 22.8 Å². The van der Waals surface area contributed by atoms with E-state index in [1.165, 1.54) is 17.0 Å². The minimum atomic E-state index is -4.45. The van der Waals surface area contributed by atoms with Gasteiger partial charge in [-0.1, -0.05) is 24.3 Å². The SMILES string of the molecule is Cc1nc(-c2cccc(NC(=O)C3CC(=O)N(Cc4cccc(C(F)(F)F)c4)C3)c2)n[nH]1. The number of aryl methyl sites for hydroxylation is 1. The van der Waals surface area contributed by atoms with Crippen LogP contribution in [0.15, 0.2) is 48.5 Å². The van der Waals surface area contributed by atoms with E-state index in [0.29, 0.717) is 22.9 Å². The van der Waals surface area contributed by atoms with Gasteiger partial charge in [0.2, 0.25) is 11.8 Å². The van der Waals surface area contributed by atoms with E-state index in [4.69, 9.17) is 0 Å². The molecule has 1 saturated heterocycles. The van der Waals surface area contributed by atoms with E-state index in [1.54, 1.807) is 25.1 Å². The van der Waals surface area contributed by atoms with E-state index in [9.17, 15) is 22.8 Å². The highest BCUT2D eigenvalue weighted by molar-refractivity contribution is 5.97. The second kappa shape index (κ2) is 8.45. The Morgan fingerprint density at radius 1 is 1.22 bits per heavy atom. The number of carbonyl (C=O) groups excluding carboxylic acids is 2. The second-order valence-corrected chi connectivity index (χ2v) is 7.69. The molecule has 32 heavy (non-hydrogen) atoms. The molecule has 2 N–H and O–H groups in total. The van der Waals surface area contributed by atoms with Gasteiger partial charge in [0.15, 0.2) is 5.82 Å². The minimum Gasteiger partial charge on any atom is -0.338 e. The number of likely N-dealkylation sites (tertiary alicyclic amines) is 1. The summed E-state index contributed by atoms with van der Waals surface area (Å²) in [4.78, 5) is 30.8. The van der Waals surface area contributed by atoms with Crippen LogP contribution in [-0.2, 0) is 22.3 Å². The number of alkyl halides is 3. The summed E-state index contributed by atoms with van der Waals surface area (Å²) < 4.78 is 38.8. The molecule has 2 heterocycles. The van der Waals surface area contributed by atoms with Crippen LogP contribution < -0.4 is 5.32 Å². The van der Waals surface area contributed by atoms with Gasteiger partial charge < -0.3 is 10.2 Å². The highest BCUT2D eigenvalue weighted by Crippen LogP contribution is 2.30. The summed E-state index contributed by atoms with van der Waals surface area (Å²) in [5, 5.41) is 9.66. The first-order chi connectivity index (χ1) is 15.2.